The molecule has 0 aliphatic heterocycles. The van der Waals surface area contributed by atoms with E-state index in [4.69, 9.17) is 19.4 Å². The van der Waals surface area contributed by atoms with Crippen LogP contribution in [0, 0.1) is 0 Å². The second-order valence-electron chi connectivity index (χ2n) is 12.0. The summed E-state index contributed by atoms with van der Waals surface area (Å²) in [5, 5.41) is 2.23. The molecule has 0 saturated carbocycles. The predicted molar refractivity (Wildman–Crippen MR) is 200 cm³/mol. The predicted octanol–water partition coefficient (Wildman–Crippen LogP) is 11.8. The molecule has 0 atom stereocenters. The van der Waals surface area contributed by atoms with Crippen LogP contribution in [0.15, 0.2) is 180 Å². The van der Waals surface area contributed by atoms with Crippen molar-refractivity contribution in [3.8, 4) is 67.5 Å². The number of hydrogen-bond donors (Lipinski definition) is 0. The second-order valence-corrected chi connectivity index (χ2v) is 12.0. The third kappa shape index (κ3) is 5.35. The molecule has 2 heterocycles. The fraction of sp³-hybridized carbons (Fsp3) is 0. The molecule has 0 aliphatic carbocycles. The molecule has 0 N–H and O–H groups in total. The molecule has 9 aromatic rings. The Balaban J connectivity index is 1.22. The molecule has 2 aromatic heterocycles. The zero-order valence-electron chi connectivity index (χ0n) is 26.5. The summed E-state index contributed by atoms with van der Waals surface area (Å²) in [5.41, 5.74) is 11.0. The van der Waals surface area contributed by atoms with Crippen molar-refractivity contribution in [3.63, 3.8) is 0 Å². The van der Waals surface area contributed by atoms with E-state index in [-0.39, 0.29) is 0 Å². The van der Waals surface area contributed by atoms with Crippen LogP contribution in [0.3, 0.4) is 0 Å². The van der Waals surface area contributed by atoms with Crippen LogP contribution in [-0.2, 0) is 0 Å². The van der Waals surface area contributed by atoms with Crippen LogP contribution in [0.2, 0.25) is 0 Å². The van der Waals surface area contributed by atoms with E-state index in [1.807, 2.05) is 42.5 Å². The van der Waals surface area contributed by atoms with Crippen LogP contribution in [0.1, 0.15) is 0 Å². The number of benzene rings is 7. The molecule has 0 radical (unpaired) electrons. The summed E-state index contributed by atoms with van der Waals surface area (Å²) in [4.78, 5) is 15.5. The highest BCUT2D eigenvalue weighted by Gasteiger charge is 2.18. The van der Waals surface area contributed by atoms with Crippen LogP contribution in [0.5, 0.6) is 0 Å². The summed E-state index contributed by atoms with van der Waals surface area (Å²) in [6.07, 6.45) is 0. The molecular weight excluding hydrogens is 599 g/mol. The summed E-state index contributed by atoms with van der Waals surface area (Å²) in [7, 11) is 0. The minimum atomic E-state index is 0.609. The molecule has 0 spiro atoms. The lowest BCUT2D eigenvalue weighted by Gasteiger charge is -2.14. The molecule has 0 aliphatic rings. The molecule has 0 bridgehead atoms. The Morgan fingerprint density at radius 2 is 0.755 bits per heavy atom. The SMILES string of the molecule is c1ccc(-c2ccccc2-c2nc(-c3cccc(-c4ccc5c(c4)oc4ccccc45)c3)nc(-c3ccccc3-c3ccccc3)n2)cc1. The Morgan fingerprint density at radius 1 is 0.286 bits per heavy atom. The van der Waals surface area contributed by atoms with Crippen molar-refractivity contribution in [2.24, 2.45) is 0 Å². The van der Waals surface area contributed by atoms with Gasteiger partial charge in [-0.05, 0) is 57.6 Å². The van der Waals surface area contributed by atoms with Crippen LogP contribution < -0.4 is 0 Å². The summed E-state index contributed by atoms with van der Waals surface area (Å²) in [5.74, 6) is 1.85. The van der Waals surface area contributed by atoms with Gasteiger partial charge in [-0.15, -0.1) is 0 Å². The molecule has 0 saturated heterocycles. The van der Waals surface area contributed by atoms with Gasteiger partial charge in [0.05, 0.1) is 0 Å². The van der Waals surface area contributed by atoms with Gasteiger partial charge in [0.25, 0.3) is 0 Å². The Kier molecular flexibility index (Phi) is 7.10. The first kappa shape index (κ1) is 28.6. The maximum absolute atomic E-state index is 6.22. The molecule has 0 unspecified atom stereocenters. The van der Waals surface area contributed by atoms with Gasteiger partial charge < -0.3 is 4.42 Å². The topological polar surface area (TPSA) is 51.8 Å². The van der Waals surface area contributed by atoms with Crippen LogP contribution in [0.25, 0.3) is 89.5 Å². The van der Waals surface area contributed by atoms with Crippen molar-refractivity contribution < 1.29 is 4.42 Å². The van der Waals surface area contributed by atoms with Crippen molar-refractivity contribution in [1.29, 1.82) is 0 Å². The van der Waals surface area contributed by atoms with Gasteiger partial charge in [-0.2, -0.15) is 0 Å². The van der Waals surface area contributed by atoms with Crippen molar-refractivity contribution in [3.05, 3.63) is 176 Å². The third-order valence-electron chi connectivity index (χ3n) is 8.97. The summed E-state index contributed by atoms with van der Waals surface area (Å²) >= 11 is 0. The molecule has 0 amide bonds. The molecule has 230 valence electrons. The Labute approximate surface area is 284 Å². The standard InChI is InChI=1S/C45H29N3O/c1-3-14-30(15-4-1)35-20-7-9-23-39(35)44-46-43(47-45(48-44)40-24-10-8-21-36(40)31-16-5-2-6-17-31)34-19-13-18-32(28-34)33-26-27-38-37-22-11-12-25-41(37)49-42(38)29-33/h1-29H. The molecule has 7 aromatic carbocycles. The number of furan rings is 1. The van der Waals surface area contributed by atoms with Crippen molar-refractivity contribution >= 4 is 21.9 Å². The highest BCUT2D eigenvalue weighted by atomic mass is 16.3. The Morgan fingerprint density at radius 3 is 1.41 bits per heavy atom. The van der Waals surface area contributed by atoms with E-state index in [1.165, 1.54) is 0 Å². The van der Waals surface area contributed by atoms with Gasteiger partial charge in [-0.25, -0.2) is 15.0 Å². The lowest BCUT2D eigenvalue weighted by atomic mass is 9.98. The van der Waals surface area contributed by atoms with Crippen LogP contribution >= 0.6 is 0 Å². The smallest absolute Gasteiger partial charge is 0.164 e. The van der Waals surface area contributed by atoms with Crippen molar-refractivity contribution in [2.45, 2.75) is 0 Å². The normalized spacial score (nSPS) is 11.3. The lowest BCUT2D eigenvalue weighted by Crippen LogP contribution is -2.02. The van der Waals surface area contributed by atoms with Crippen LogP contribution in [0.4, 0.5) is 0 Å². The lowest BCUT2D eigenvalue weighted by molar-refractivity contribution is 0.669. The fourth-order valence-corrected chi connectivity index (χ4v) is 6.58. The molecule has 4 heteroatoms. The zero-order valence-corrected chi connectivity index (χ0v) is 26.5. The first-order chi connectivity index (χ1) is 24.3. The first-order valence-electron chi connectivity index (χ1n) is 16.4. The van der Waals surface area contributed by atoms with Gasteiger partial charge in [0.15, 0.2) is 17.5 Å². The number of fused-ring (bicyclic) bond motifs is 3. The Hall–Kier alpha value is -6.65. The molecule has 49 heavy (non-hydrogen) atoms. The largest absolute Gasteiger partial charge is 0.456 e. The van der Waals surface area contributed by atoms with E-state index in [0.717, 1.165) is 72.0 Å². The second kappa shape index (κ2) is 12.2. The maximum atomic E-state index is 6.22. The molecular formula is C45H29N3O. The summed E-state index contributed by atoms with van der Waals surface area (Å²) in [6.45, 7) is 0. The molecule has 4 nitrogen and oxygen atoms in total. The third-order valence-corrected chi connectivity index (χ3v) is 8.97. The highest BCUT2D eigenvalue weighted by molar-refractivity contribution is 6.05. The van der Waals surface area contributed by atoms with Crippen molar-refractivity contribution in [1.82, 2.24) is 15.0 Å². The monoisotopic (exact) mass is 627 g/mol. The first-order valence-corrected chi connectivity index (χ1v) is 16.4. The molecule has 9 rings (SSSR count). The van der Waals surface area contributed by atoms with Crippen molar-refractivity contribution in [2.75, 3.05) is 0 Å². The van der Waals surface area contributed by atoms with E-state index in [2.05, 4.69) is 133 Å². The minimum Gasteiger partial charge on any atom is -0.456 e. The quantitative estimate of drug-likeness (QED) is 0.184. The number of nitrogens with zero attached hydrogens (tertiary/aromatic N) is 3. The zero-order chi connectivity index (χ0) is 32.6. The van der Waals surface area contributed by atoms with Crippen LogP contribution in [-0.4, -0.2) is 15.0 Å². The fourth-order valence-electron chi connectivity index (χ4n) is 6.58. The van der Waals surface area contributed by atoms with Gasteiger partial charge >= 0.3 is 0 Å². The number of para-hydroxylation sites is 1. The van der Waals surface area contributed by atoms with E-state index in [0.29, 0.717) is 17.5 Å². The number of rotatable bonds is 6. The van der Waals surface area contributed by atoms with Gasteiger partial charge in [0.2, 0.25) is 0 Å². The number of hydrogen-bond acceptors (Lipinski definition) is 4. The average Bonchev–Trinajstić information content (AvgIpc) is 3.56. The van der Waals surface area contributed by atoms with E-state index >= 15 is 0 Å². The van der Waals surface area contributed by atoms with Gasteiger partial charge in [-0.1, -0.05) is 152 Å². The summed E-state index contributed by atoms with van der Waals surface area (Å²) < 4.78 is 6.22. The minimum absolute atomic E-state index is 0.609. The van der Waals surface area contributed by atoms with Gasteiger partial charge in [0.1, 0.15) is 11.2 Å². The molecule has 0 fully saturated rings. The van der Waals surface area contributed by atoms with Gasteiger partial charge in [0, 0.05) is 27.5 Å². The highest BCUT2D eigenvalue weighted by Crippen LogP contribution is 2.37. The maximum Gasteiger partial charge on any atom is 0.164 e. The summed E-state index contributed by atoms with van der Waals surface area (Å²) in [6, 6.07) is 60.4. The Bertz CT molecular complexity index is 2510. The van der Waals surface area contributed by atoms with E-state index in [1.54, 1.807) is 0 Å². The average molecular weight is 628 g/mol. The van der Waals surface area contributed by atoms with E-state index in [9.17, 15) is 0 Å². The van der Waals surface area contributed by atoms with E-state index < -0.39 is 0 Å². The number of aromatic nitrogens is 3. The van der Waals surface area contributed by atoms with Gasteiger partial charge in [-0.3, -0.25) is 0 Å².